The van der Waals surface area contributed by atoms with Gasteiger partial charge in [-0.1, -0.05) is 12.1 Å². The number of ether oxygens (including phenoxy) is 2. The number of hydrogen-bond acceptors (Lipinski definition) is 11. The van der Waals surface area contributed by atoms with Crippen LogP contribution in [-0.4, -0.2) is 117 Å². The summed E-state index contributed by atoms with van der Waals surface area (Å²) in [5.74, 6) is -0.0913. The summed E-state index contributed by atoms with van der Waals surface area (Å²) in [7, 11) is -1.91. The van der Waals surface area contributed by atoms with Crippen molar-refractivity contribution < 1.29 is 27.5 Å². The molecule has 0 bridgehead atoms. The number of carbonyl (C=O) groups is 2. The first kappa shape index (κ1) is 31.2. The smallest absolute Gasteiger partial charge is 0.219 e. The Kier molecular flexibility index (Phi) is 11.0. The van der Waals surface area contributed by atoms with Crippen LogP contribution >= 0.6 is 11.3 Å². The molecule has 4 rings (SSSR count). The molecule has 2 fully saturated rings. The molecule has 3 heterocycles. The van der Waals surface area contributed by atoms with Crippen LogP contribution < -0.4 is 0 Å². The Morgan fingerprint density at radius 2 is 1.88 bits per heavy atom. The Morgan fingerprint density at radius 1 is 1.15 bits per heavy atom. The third-order valence-corrected chi connectivity index (χ3v) is 9.95. The maximum Gasteiger partial charge on any atom is 0.219 e. The van der Waals surface area contributed by atoms with Gasteiger partial charge >= 0.3 is 0 Å². The molecule has 0 unspecified atom stereocenters. The van der Waals surface area contributed by atoms with Crippen molar-refractivity contribution in [2.24, 2.45) is 5.10 Å². The third kappa shape index (κ3) is 8.65. The highest BCUT2D eigenvalue weighted by Crippen LogP contribution is 2.21. The van der Waals surface area contributed by atoms with E-state index in [0.717, 1.165) is 24.5 Å². The standard InChI is InChI=1S/C28H39N5O6S2/c1-21-19-31(9-10-33(21)22(2)34)20-24-18-29-27(40-24)17-26(35)28(30-32-11-14-39-15-12-32)23-5-7-25(8-6-23)41(36,37)16-4-13-38-3/h5-8,18,21H,4,9-17,19-20H2,1-3H3/b30-28+/t21-/m0/s1. The second-order valence-corrected chi connectivity index (χ2v) is 13.6. The summed E-state index contributed by atoms with van der Waals surface area (Å²) < 4.78 is 35.8. The van der Waals surface area contributed by atoms with Gasteiger partial charge in [0, 0.05) is 69.5 Å². The number of ketones is 1. The van der Waals surface area contributed by atoms with E-state index < -0.39 is 9.84 Å². The Bertz CT molecular complexity index is 1320. The summed E-state index contributed by atoms with van der Waals surface area (Å²) in [4.78, 5) is 35.4. The summed E-state index contributed by atoms with van der Waals surface area (Å²) in [6.07, 6.45) is 2.32. The molecular formula is C28H39N5O6S2. The highest BCUT2D eigenvalue weighted by atomic mass is 32.2. The Labute approximate surface area is 246 Å². The van der Waals surface area contributed by atoms with E-state index in [1.165, 1.54) is 23.5 Å². The van der Waals surface area contributed by atoms with Gasteiger partial charge in [0.15, 0.2) is 15.6 Å². The van der Waals surface area contributed by atoms with Crippen LogP contribution in [0.4, 0.5) is 0 Å². The van der Waals surface area contributed by atoms with Crippen molar-refractivity contribution in [3.8, 4) is 0 Å². The molecule has 11 nitrogen and oxygen atoms in total. The van der Waals surface area contributed by atoms with Crippen LogP contribution in [0.3, 0.4) is 0 Å². The van der Waals surface area contributed by atoms with Crippen LogP contribution in [0.5, 0.6) is 0 Å². The van der Waals surface area contributed by atoms with Crippen molar-refractivity contribution >= 4 is 38.6 Å². The molecule has 13 heteroatoms. The number of morpholine rings is 1. The lowest BCUT2D eigenvalue weighted by Gasteiger charge is -2.39. The van der Waals surface area contributed by atoms with Crippen LogP contribution in [0.2, 0.25) is 0 Å². The summed E-state index contributed by atoms with van der Waals surface area (Å²) in [5.41, 5.74) is 0.840. The lowest BCUT2D eigenvalue weighted by Crippen LogP contribution is -2.52. The van der Waals surface area contributed by atoms with E-state index >= 15 is 0 Å². The number of sulfone groups is 1. The molecule has 41 heavy (non-hydrogen) atoms. The van der Waals surface area contributed by atoms with Gasteiger partial charge in [0.05, 0.1) is 43.4 Å². The zero-order valence-corrected chi connectivity index (χ0v) is 25.6. The van der Waals surface area contributed by atoms with Crippen molar-refractivity contribution in [2.45, 2.75) is 44.2 Å². The Balaban J connectivity index is 1.46. The molecule has 1 atom stereocenters. The number of amides is 1. The van der Waals surface area contributed by atoms with Crippen molar-refractivity contribution in [3.05, 3.63) is 45.9 Å². The number of piperazine rings is 1. The van der Waals surface area contributed by atoms with Gasteiger partial charge < -0.3 is 14.4 Å². The van der Waals surface area contributed by atoms with Crippen LogP contribution in [-0.2, 0) is 41.9 Å². The number of carbonyl (C=O) groups excluding carboxylic acids is 2. The fourth-order valence-electron chi connectivity index (χ4n) is 4.99. The van der Waals surface area contributed by atoms with E-state index in [0.29, 0.717) is 56.4 Å². The Hall–Kier alpha value is -2.71. The fourth-order valence-corrected chi connectivity index (χ4v) is 7.24. The molecule has 1 amide bonds. The van der Waals surface area contributed by atoms with Crippen molar-refractivity contribution in [1.29, 1.82) is 0 Å². The molecule has 2 saturated heterocycles. The minimum Gasteiger partial charge on any atom is -0.385 e. The van der Waals surface area contributed by atoms with Crippen molar-refractivity contribution in [3.63, 3.8) is 0 Å². The predicted molar refractivity (Wildman–Crippen MR) is 157 cm³/mol. The van der Waals surface area contributed by atoms with Gasteiger partial charge in [-0.25, -0.2) is 13.4 Å². The zero-order valence-electron chi connectivity index (χ0n) is 24.0. The Morgan fingerprint density at radius 3 is 2.54 bits per heavy atom. The minimum atomic E-state index is -3.45. The highest BCUT2D eigenvalue weighted by molar-refractivity contribution is 7.91. The molecule has 2 aliphatic rings. The number of aromatic nitrogens is 1. The maximum absolute atomic E-state index is 13.6. The number of hydrogen-bond donors (Lipinski definition) is 0. The fraction of sp³-hybridized carbons (Fsp3) is 0.571. The molecule has 0 saturated carbocycles. The average molecular weight is 606 g/mol. The van der Waals surface area contributed by atoms with E-state index in [-0.39, 0.29) is 40.5 Å². The first-order chi connectivity index (χ1) is 19.7. The number of Topliss-reactive ketones (excluding diaryl/α,β-unsaturated/α-hetero) is 1. The lowest BCUT2D eigenvalue weighted by atomic mass is 10.0. The zero-order chi connectivity index (χ0) is 29.4. The number of methoxy groups -OCH3 is 1. The van der Waals surface area contributed by atoms with E-state index in [1.54, 1.807) is 26.2 Å². The summed E-state index contributed by atoms with van der Waals surface area (Å²) in [5, 5.41) is 7.20. The van der Waals surface area contributed by atoms with Gasteiger partial charge in [-0.15, -0.1) is 11.3 Å². The van der Waals surface area contributed by atoms with Crippen LogP contribution in [0.15, 0.2) is 40.5 Å². The number of thiazole rings is 1. The average Bonchev–Trinajstić information content (AvgIpc) is 3.38. The minimum absolute atomic E-state index is 0.00839. The first-order valence-electron chi connectivity index (χ1n) is 13.9. The third-order valence-electron chi connectivity index (χ3n) is 7.15. The number of nitrogens with zero attached hydrogens (tertiary/aromatic N) is 5. The monoisotopic (exact) mass is 605 g/mol. The van der Waals surface area contributed by atoms with Gasteiger partial charge in [0.1, 0.15) is 10.7 Å². The largest absolute Gasteiger partial charge is 0.385 e. The molecule has 1 aromatic heterocycles. The first-order valence-corrected chi connectivity index (χ1v) is 16.3. The van der Waals surface area contributed by atoms with E-state index in [1.807, 2.05) is 16.1 Å². The van der Waals surface area contributed by atoms with Gasteiger partial charge in [-0.2, -0.15) is 5.10 Å². The molecule has 0 aliphatic carbocycles. The van der Waals surface area contributed by atoms with E-state index in [2.05, 4.69) is 21.9 Å². The van der Waals surface area contributed by atoms with E-state index in [9.17, 15) is 18.0 Å². The number of hydrazone groups is 1. The summed E-state index contributed by atoms with van der Waals surface area (Å²) in [6, 6.07) is 6.52. The molecule has 0 radical (unpaired) electrons. The van der Waals surface area contributed by atoms with Crippen LogP contribution in [0, 0.1) is 0 Å². The van der Waals surface area contributed by atoms with Gasteiger partial charge in [-0.3, -0.25) is 19.5 Å². The van der Waals surface area contributed by atoms with Crippen LogP contribution in [0.25, 0.3) is 0 Å². The number of benzene rings is 1. The molecule has 2 aliphatic heterocycles. The molecule has 224 valence electrons. The second kappa shape index (κ2) is 14.5. The molecular weight excluding hydrogens is 566 g/mol. The van der Waals surface area contributed by atoms with Gasteiger partial charge in [0.25, 0.3) is 0 Å². The number of rotatable bonds is 12. The predicted octanol–water partition coefficient (Wildman–Crippen LogP) is 1.85. The lowest BCUT2D eigenvalue weighted by molar-refractivity contribution is -0.133. The molecule has 0 N–H and O–H groups in total. The summed E-state index contributed by atoms with van der Waals surface area (Å²) >= 11 is 1.50. The molecule has 0 spiro atoms. The van der Waals surface area contributed by atoms with Crippen LogP contribution in [0.1, 0.15) is 35.7 Å². The van der Waals surface area contributed by atoms with Gasteiger partial charge in [0.2, 0.25) is 5.91 Å². The van der Waals surface area contributed by atoms with E-state index in [4.69, 9.17) is 9.47 Å². The molecule has 2 aromatic rings. The maximum atomic E-state index is 13.6. The van der Waals surface area contributed by atoms with Crippen molar-refractivity contribution in [2.75, 3.05) is 65.4 Å². The summed E-state index contributed by atoms with van der Waals surface area (Å²) in [6.45, 7) is 9.24. The second-order valence-electron chi connectivity index (χ2n) is 10.3. The normalized spacial score (nSPS) is 19.0. The van der Waals surface area contributed by atoms with Gasteiger partial charge in [-0.05, 0) is 25.5 Å². The quantitative estimate of drug-likeness (QED) is 0.264. The SMILES string of the molecule is COCCCS(=O)(=O)c1ccc(/C(=N\N2CCOCC2)C(=O)Cc2ncc(CN3CCN(C(C)=O)[C@@H](C)C3)s2)cc1. The highest BCUT2D eigenvalue weighted by Gasteiger charge is 2.26. The topological polar surface area (TPSA) is 122 Å². The van der Waals surface area contributed by atoms with Crippen molar-refractivity contribution in [1.82, 2.24) is 19.8 Å². The molecule has 1 aromatic carbocycles.